The van der Waals surface area contributed by atoms with E-state index in [9.17, 15) is 8.42 Å². The molecule has 1 aromatic carbocycles. The summed E-state index contributed by atoms with van der Waals surface area (Å²) in [5.41, 5.74) is 1.50. The van der Waals surface area contributed by atoms with E-state index in [0.29, 0.717) is 23.8 Å². The number of hydrogen-bond donors (Lipinski definition) is 2. The number of sulfonamides is 1. The molecule has 2 aromatic rings. The molecule has 1 fully saturated rings. The summed E-state index contributed by atoms with van der Waals surface area (Å²) in [5.74, 6) is 0.934. The van der Waals surface area contributed by atoms with Crippen LogP contribution in [0.2, 0.25) is 0 Å². The molecule has 1 aliphatic heterocycles. The Kier molecular flexibility index (Phi) is 6.75. The molecule has 0 aliphatic carbocycles. The maximum Gasteiger partial charge on any atom is 0.258 e. The minimum atomic E-state index is -3.54. The Morgan fingerprint density at radius 1 is 1.42 bits per heavy atom. The highest BCUT2D eigenvalue weighted by Crippen LogP contribution is 2.27. The molecule has 1 aromatic heterocycles. The molecule has 8 nitrogen and oxygen atoms in total. The van der Waals surface area contributed by atoms with Gasteiger partial charge in [0.05, 0.1) is 10.9 Å². The van der Waals surface area contributed by atoms with Gasteiger partial charge in [-0.1, -0.05) is 18.1 Å². The summed E-state index contributed by atoms with van der Waals surface area (Å²) in [6.45, 7) is 6.55. The van der Waals surface area contributed by atoms with E-state index >= 15 is 0 Å². The Labute approximate surface area is 159 Å². The fraction of sp³-hybridized carbons (Fsp3) is 0.500. The summed E-state index contributed by atoms with van der Waals surface area (Å²) in [6.07, 6.45) is 0. The van der Waals surface area contributed by atoms with Crippen LogP contribution >= 0.6 is 12.4 Å². The van der Waals surface area contributed by atoms with E-state index in [1.165, 1.54) is 0 Å². The van der Waals surface area contributed by atoms with Gasteiger partial charge >= 0.3 is 0 Å². The summed E-state index contributed by atoms with van der Waals surface area (Å²) in [5, 5.41) is 7.42. The van der Waals surface area contributed by atoms with Crippen molar-refractivity contribution in [1.29, 1.82) is 0 Å². The molecule has 1 unspecified atom stereocenters. The number of halogens is 1. The summed E-state index contributed by atoms with van der Waals surface area (Å²) in [4.78, 5) is 6.87. The molecule has 144 valence electrons. The third-order valence-electron chi connectivity index (χ3n) is 4.33. The smallest absolute Gasteiger partial charge is 0.258 e. The molecular weight excluding hydrogens is 378 g/mol. The molecule has 2 N–H and O–H groups in total. The number of aryl methyl sites for hydroxylation is 1. The van der Waals surface area contributed by atoms with Crippen molar-refractivity contribution in [3.63, 3.8) is 0 Å². The van der Waals surface area contributed by atoms with E-state index < -0.39 is 10.0 Å². The molecule has 0 saturated carbocycles. The van der Waals surface area contributed by atoms with Gasteiger partial charge in [-0.05, 0) is 31.7 Å². The van der Waals surface area contributed by atoms with E-state index in [-0.39, 0.29) is 23.3 Å². The van der Waals surface area contributed by atoms with Crippen LogP contribution in [-0.4, -0.2) is 56.7 Å². The van der Waals surface area contributed by atoms with Gasteiger partial charge in [-0.25, -0.2) is 13.1 Å². The van der Waals surface area contributed by atoms with Crippen LogP contribution < -0.4 is 10.0 Å². The summed E-state index contributed by atoms with van der Waals surface area (Å²) in [6, 6.07) is 4.94. The average molecular weight is 402 g/mol. The van der Waals surface area contributed by atoms with Crippen LogP contribution in [0.15, 0.2) is 27.6 Å². The number of rotatable bonds is 5. The fourth-order valence-electron chi connectivity index (χ4n) is 2.85. The minimum Gasteiger partial charge on any atom is -0.334 e. The second kappa shape index (κ2) is 8.45. The zero-order valence-electron chi connectivity index (χ0n) is 15.0. The molecule has 2 heterocycles. The third kappa shape index (κ3) is 4.24. The normalized spacial score (nSPS) is 18.5. The molecule has 10 heteroatoms. The Balaban J connectivity index is 0.00000243. The Bertz CT molecular complexity index is 855. The highest BCUT2D eigenvalue weighted by Gasteiger charge is 2.26. The number of benzene rings is 1. The van der Waals surface area contributed by atoms with Gasteiger partial charge in [-0.3, -0.25) is 4.90 Å². The minimum absolute atomic E-state index is 0. The molecule has 0 radical (unpaired) electrons. The van der Waals surface area contributed by atoms with Gasteiger partial charge in [0.2, 0.25) is 10.0 Å². The zero-order chi connectivity index (χ0) is 18.0. The summed E-state index contributed by atoms with van der Waals surface area (Å²) in [7, 11) is -1.51. The van der Waals surface area contributed by atoms with Gasteiger partial charge in [-0.15, -0.1) is 12.4 Å². The lowest BCUT2D eigenvalue weighted by atomic mass is 10.1. The van der Waals surface area contributed by atoms with Crippen molar-refractivity contribution in [2.24, 2.45) is 0 Å². The Morgan fingerprint density at radius 2 is 2.19 bits per heavy atom. The molecule has 0 bridgehead atoms. The van der Waals surface area contributed by atoms with Gasteiger partial charge in [0.1, 0.15) is 0 Å². The molecule has 0 spiro atoms. The van der Waals surface area contributed by atoms with E-state index in [2.05, 4.69) is 25.1 Å². The standard InChI is InChI=1S/C16H23N5O3S.ClH/c1-4-18-25(22,23)12-6-5-11(2)13(9-12)16-19-15(20-24-16)14-10-17-7-8-21(14)3;/h5-6,9,14,17-18H,4,7-8,10H2,1-3H3;1H. The van der Waals surface area contributed by atoms with Crippen LogP contribution in [0.1, 0.15) is 24.4 Å². The van der Waals surface area contributed by atoms with E-state index in [1.54, 1.807) is 25.1 Å². The fourth-order valence-corrected chi connectivity index (χ4v) is 3.91. The lowest BCUT2D eigenvalue weighted by molar-refractivity contribution is 0.190. The monoisotopic (exact) mass is 401 g/mol. The first-order valence-corrected chi connectivity index (χ1v) is 9.76. The van der Waals surface area contributed by atoms with Gasteiger partial charge in [0.25, 0.3) is 5.89 Å². The molecular formula is C16H24ClN5O3S. The van der Waals surface area contributed by atoms with E-state index in [4.69, 9.17) is 4.52 Å². The Morgan fingerprint density at radius 3 is 2.88 bits per heavy atom. The average Bonchev–Trinajstić information content (AvgIpc) is 3.05. The number of nitrogens with zero attached hydrogens (tertiary/aromatic N) is 3. The molecule has 26 heavy (non-hydrogen) atoms. The highest BCUT2D eigenvalue weighted by molar-refractivity contribution is 7.89. The van der Waals surface area contributed by atoms with Gasteiger partial charge in [-0.2, -0.15) is 4.98 Å². The number of piperazine rings is 1. The molecule has 1 atom stereocenters. The number of hydrogen-bond acceptors (Lipinski definition) is 7. The summed E-state index contributed by atoms with van der Waals surface area (Å²) >= 11 is 0. The van der Waals surface area contributed by atoms with E-state index in [1.807, 2.05) is 14.0 Å². The number of nitrogens with one attached hydrogen (secondary N) is 2. The van der Waals surface area contributed by atoms with Crippen LogP contribution in [0.25, 0.3) is 11.5 Å². The zero-order valence-corrected chi connectivity index (χ0v) is 16.7. The largest absolute Gasteiger partial charge is 0.334 e. The number of aromatic nitrogens is 2. The SMILES string of the molecule is CCNS(=O)(=O)c1ccc(C)c(-c2nc(C3CNCCN3C)no2)c1.Cl. The molecule has 1 saturated heterocycles. The number of likely N-dealkylation sites (N-methyl/N-ethyl adjacent to an activating group) is 1. The van der Waals surface area contributed by atoms with Gasteiger partial charge in [0, 0.05) is 31.7 Å². The predicted octanol–water partition coefficient (Wildman–Crippen LogP) is 1.34. The van der Waals surface area contributed by atoms with Gasteiger partial charge < -0.3 is 9.84 Å². The first-order valence-electron chi connectivity index (χ1n) is 8.27. The van der Waals surface area contributed by atoms with Crippen molar-refractivity contribution in [2.45, 2.75) is 24.8 Å². The molecule has 0 amide bonds. The lowest BCUT2D eigenvalue weighted by Gasteiger charge is -2.30. The Hall–Kier alpha value is -1.52. The lowest BCUT2D eigenvalue weighted by Crippen LogP contribution is -2.44. The van der Waals surface area contributed by atoms with Crippen LogP contribution in [-0.2, 0) is 10.0 Å². The van der Waals surface area contributed by atoms with Crippen LogP contribution in [0, 0.1) is 6.92 Å². The maximum absolute atomic E-state index is 12.2. The van der Waals surface area contributed by atoms with Crippen LogP contribution in [0.4, 0.5) is 0 Å². The van der Waals surface area contributed by atoms with Crippen molar-refractivity contribution in [3.05, 3.63) is 29.6 Å². The predicted molar refractivity (Wildman–Crippen MR) is 101 cm³/mol. The van der Waals surface area contributed by atoms with Crippen molar-refractivity contribution < 1.29 is 12.9 Å². The molecule has 1 aliphatic rings. The first-order chi connectivity index (χ1) is 11.9. The second-order valence-corrected chi connectivity index (χ2v) is 7.90. The van der Waals surface area contributed by atoms with Crippen molar-refractivity contribution in [3.8, 4) is 11.5 Å². The molecule has 3 rings (SSSR count). The van der Waals surface area contributed by atoms with Crippen molar-refractivity contribution in [1.82, 2.24) is 25.1 Å². The second-order valence-electron chi connectivity index (χ2n) is 6.14. The maximum atomic E-state index is 12.2. The van der Waals surface area contributed by atoms with Crippen molar-refractivity contribution in [2.75, 3.05) is 33.2 Å². The first kappa shape index (κ1) is 20.8. The topological polar surface area (TPSA) is 100 Å². The summed E-state index contributed by atoms with van der Waals surface area (Å²) < 4.78 is 32.4. The van der Waals surface area contributed by atoms with Crippen LogP contribution in [0.3, 0.4) is 0 Å². The highest BCUT2D eigenvalue weighted by atomic mass is 35.5. The van der Waals surface area contributed by atoms with Crippen molar-refractivity contribution >= 4 is 22.4 Å². The quantitative estimate of drug-likeness (QED) is 0.779. The van der Waals surface area contributed by atoms with E-state index in [0.717, 1.165) is 25.2 Å². The van der Waals surface area contributed by atoms with Gasteiger partial charge in [0.15, 0.2) is 5.82 Å². The van der Waals surface area contributed by atoms with Crippen LogP contribution in [0.5, 0.6) is 0 Å². The third-order valence-corrected chi connectivity index (χ3v) is 5.88.